The molecule has 3 N–H and O–H groups in total. The number of nitrogens with one attached hydrogen (secondary N) is 1. The summed E-state index contributed by atoms with van der Waals surface area (Å²) in [6, 6.07) is 0. The Bertz CT molecular complexity index is 281. The third-order valence-corrected chi connectivity index (χ3v) is 1.29. The van der Waals surface area contributed by atoms with Gasteiger partial charge in [0.15, 0.2) is 0 Å². The first-order valence-corrected chi connectivity index (χ1v) is 5.33. The zero-order chi connectivity index (χ0) is 12.3. The summed E-state index contributed by atoms with van der Waals surface area (Å²) < 4.78 is 0. The fourth-order valence-corrected chi connectivity index (χ4v) is 0.829. The Balaban J connectivity index is 0. The molecule has 1 aromatic rings. The Labute approximate surface area is 93.1 Å². The van der Waals surface area contributed by atoms with Crippen LogP contribution in [0.5, 0.6) is 0 Å². The molecule has 0 atom stereocenters. The van der Waals surface area contributed by atoms with Crippen LogP contribution in [0.1, 0.15) is 45.9 Å². The number of allylic oxidation sites excluding steroid dienone is 1. The third-order valence-electron chi connectivity index (χ3n) is 1.29. The van der Waals surface area contributed by atoms with Crippen molar-refractivity contribution in [3.8, 4) is 0 Å². The summed E-state index contributed by atoms with van der Waals surface area (Å²) in [7, 11) is 0. The first-order chi connectivity index (χ1) is 7.24. The Morgan fingerprint density at radius 2 is 1.93 bits per heavy atom. The van der Waals surface area contributed by atoms with Crippen molar-refractivity contribution in [2.24, 2.45) is 5.73 Å². The van der Waals surface area contributed by atoms with Gasteiger partial charge in [-0.25, -0.2) is 0 Å². The molecular formula is C12H23N3. The lowest BCUT2D eigenvalue weighted by atomic mass is 10.2. The van der Waals surface area contributed by atoms with E-state index in [1.54, 1.807) is 12.3 Å². The minimum Gasteiger partial charge on any atom is -0.402 e. The number of aromatic nitrogens is 2. The van der Waals surface area contributed by atoms with Gasteiger partial charge in [-0.1, -0.05) is 34.3 Å². The molecule has 0 aliphatic rings. The van der Waals surface area contributed by atoms with Gasteiger partial charge in [-0.15, -0.1) is 0 Å². The van der Waals surface area contributed by atoms with Crippen LogP contribution in [0.4, 0.5) is 0 Å². The van der Waals surface area contributed by atoms with Crippen LogP contribution in [0.25, 0.3) is 12.2 Å². The van der Waals surface area contributed by atoms with Crippen LogP contribution in [-0.2, 0) is 0 Å². The molecule has 0 aliphatic carbocycles. The number of rotatable bonds is 2. The topological polar surface area (TPSA) is 54.7 Å². The molecule has 3 nitrogen and oxygen atoms in total. The van der Waals surface area contributed by atoms with Gasteiger partial charge in [0.25, 0.3) is 0 Å². The molecule has 0 radical (unpaired) electrons. The lowest BCUT2D eigenvalue weighted by molar-refractivity contribution is 1.08. The van der Waals surface area contributed by atoms with E-state index in [-0.39, 0.29) is 0 Å². The Kier molecular flexibility index (Phi) is 11.2. The predicted octanol–water partition coefficient (Wildman–Crippen LogP) is 3.42. The number of aromatic amines is 1. The van der Waals surface area contributed by atoms with Crippen molar-refractivity contribution in [1.82, 2.24) is 10.2 Å². The largest absolute Gasteiger partial charge is 0.402 e. The Morgan fingerprint density at radius 1 is 1.40 bits per heavy atom. The second kappa shape index (κ2) is 10.6. The second-order valence-corrected chi connectivity index (χ2v) is 2.33. The van der Waals surface area contributed by atoms with Gasteiger partial charge in [-0.05, 0) is 19.1 Å². The van der Waals surface area contributed by atoms with E-state index < -0.39 is 0 Å². The first-order valence-electron chi connectivity index (χ1n) is 5.33. The molecule has 15 heavy (non-hydrogen) atoms. The minimum absolute atomic E-state index is 0.759. The average molecular weight is 209 g/mol. The minimum atomic E-state index is 0.759. The average Bonchev–Trinajstić information content (AvgIpc) is 2.70. The van der Waals surface area contributed by atoms with Crippen molar-refractivity contribution >= 4 is 12.2 Å². The molecular weight excluding hydrogens is 186 g/mol. The van der Waals surface area contributed by atoms with Crippen molar-refractivity contribution in [3.05, 3.63) is 29.7 Å². The molecule has 3 heteroatoms. The maximum Gasteiger partial charge on any atom is 0.0645 e. The quantitative estimate of drug-likeness (QED) is 0.784. The summed E-state index contributed by atoms with van der Waals surface area (Å²) in [4.78, 5) is 0. The third kappa shape index (κ3) is 6.55. The molecule has 0 bridgehead atoms. The SMILES string of the molecule is C=Cc1[nH]ncc1/C=C(\C)N.CC.CC. The molecule has 0 saturated carbocycles. The highest BCUT2D eigenvalue weighted by Gasteiger charge is 1.96. The fourth-order valence-electron chi connectivity index (χ4n) is 0.829. The van der Waals surface area contributed by atoms with E-state index in [4.69, 9.17) is 5.73 Å². The van der Waals surface area contributed by atoms with E-state index >= 15 is 0 Å². The van der Waals surface area contributed by atoms with E-state index in [1.807, 2.05) is 40.7 Å². The second-order valence-electron chi connectivity index (χ2n) is 2.33. The molecule has 0 amide bonds. The van der Waals surface area contributed by atoms with Crippen molar-refractivity contribution in [1.29, 1.82) is 0 Å². The van der Waals surface area contributed by atoms with Crippen molar-refractivity contribution in [3.63, 3.8) is 0 Å². The van der Waals surface area contributed by atoms with Gasteiger partial charge < -0.3 is 5.73 Å². The molecule has 86 valence electrons. The molecule has 1 heterocycles. The van der Waals surface area contributed by atoms with Gasteiger partial charge in [-0.2, -0.15) is 5.10 Å². The number of nitrogens with two attached hydrogens (primary N) is 1. The van der Waals surface area contributed by atoms with E-state index in [9.17, 15) is 0 Å². The summed E-state index contributed by atoms with van der Waals surface area (Å²) in [6.45, 7) is 13.5. The van der Waals surface area contributed by atoms with Gasteiger partial charge in [0.1, 0.15) is 0 Å². The van der Waals surface area contributed by atoms with Gasteiger partial charge >= 0.3 is 0 Å². The van der Waals surface area contributed by atoms with Crippen LogP contribution in [0.3, 0.4) is 0 Å². The molecule has 0 unspecified atom stereocenters. The molecule has 0 saturated heterocycles. The summed E-state index contributed by atoms with van der Waals surface area (Å²) >= 11 is 0. The molecule has 0 spiro atoms. The highest BCUT2D eigenvalue weighted by Crippen LogP contribution is 2.08. The van der Waals surface area contributed by atoms with Crippen LogP contribution >= 0.6 is 0 Å². The van der Waals surface area contributed by atoms with E-state index in [2.05, 4.69) is 16.8 Å². The van der Waals surface area contributed by atoms with Gasteiger partial charge in [-0.3, -0.25) is 5.10 Å². The van der Waals surface area contributed by atoms with Crippen LogP contribution < -0.4 is 5.73 Å². The maximum atomic E-state index is 5.49. The monoisotopic (exact) mass is 209 g/mol. The lowest BCUT2D eigenvalue weighted by Gasteiger charge is -1.90. The Morgan fingerprint density at radius 3 is 2.33 bits per heavy atom. The smallest absolute Gasteiger partial charge is 0.0645 e. The van der Waals surface area contributed by atoms with Gasteiger partial charge in [0.2, 0.25) is 0 Å². The fraction of sp³-hybridized carbons (Fsp3) is 0.417. The highest BCUT2D eigenvalue weighted by atomic mass is 15.1. The number of nitrogens with zero attached hydrogens (tertiary/aromatic N) is 1. The standard InChI is InChI=1S/C8H11N3.2C2H6/c1-3-8-7(4-6(2)9)5-10-11-8;2*1-2/h3-5H,1,9H2,2H3,(H,10,11);2*1-2H3/b6-4+;;. The lowest BCUT2D eigenvalue weighted by Crippen LogP contribution is -1.89. The van der Waals surface area contributed by atoms with Crippen LogP contribution in [0, 0.1) is 0 Å². The summed E-state index contributed by atoms with van der Waals surface area (Å²) in [5.41, 5.74) is 8.12. The predicted molar refractivity (Wildman–Crippen MR) is 69.2 cm³/mol. The van der Waals surface area contributed by atoms with Gasteiger partial charge in [0.05, 0.1) is 11.9 Å². The summed E-state index contributed by atoms with van der Waals surface area (Å²) in [5, 5.41) is 6.64. The Hall–Kier alpha value is -1.51. The molecule has 1 aromatic heterocycles. The normalized spacial score (nSPS) is 9.27. The summed E-state index contributed by atoms with van der Waals surface area (Å²) in [6.07, 6.45) is 5.27. The molecule has 0 fully saturated rings. The zero-order valence-electron chi connectivity index (χ0n) is 10.5. The van der Waals surface area contributed by atoms with E-state index in [0.29, 0.717) is 0 Å². The summed E-state index contributed by atoms with van der Waals surface area (Å²) in [5.74, 6) is 0. The molecule has 0 aliphatic heterocycles. The number of hydrogen-bond donors (Lipinski definition) is 2. The molecule has 0 aromatic carbocycles. The van der Waals surface area contributed by atoms with Crippen molar-refractivity contribution in [2.75, 3.05) is 0 Å². The molecule has 1 rings (SSSR count). The van der Waals surface area contributed by atoms with Crippen molar-refractivity contribution < 1.29 is 0 Å². The zero-order valence-corrected chi connectivity index (χ0v) is 10.5. The van der Waals surface area contributed by atoms with Crippen molar-refractivity contribution in [2.45, 2.75) is 34.6 Å². The van der Waals surface area contributed by atoms with E-state index in [1.165, 1.54) is 0 Å². The van der Waals surface area contributed by atoms with Gasteiger partial charge in [0, 0.05) is 11.3 Å². The number of hydrogen-bond acceptors (Lipinski definition) is 2. The maximum absolute atomic E-state index is 5.49. The van der Waals surface area contributed by atoms with Crippen LogP contribution in [0.15, 0.2) is 18.5 Å². The first kappa shape index (κ1) is 15.9. The number of H-pyrrole nitrogens is 1. The van der Waals surface area contributed by atoms with Crippen LogP contribution in [-0.4, -0.2) is 10.2 Å². The highest BCUT2D eigenvalue weighted by molar-refractivity contribution is 5.61. The van der Waals surface area contributed by atoms with Crippen LogP contribution in [0.2, 0.25) is 0 Å². The van der Waals surface area contributed by atoms with E-state index in [0.717, 1.165) is 17.0 Å².